The number of thiazole rings is 1. The highest BCUT2D eigenvalue weighted by Crippen LogP contribution is 2.30. The highest BCUT2D eigenvalue weighted by atomic mass is 32.1. The molecule has 1 atom stereocenters. The number of nitrogens with one attached hydrogen (secondary N) is 1. The number of aromatic nitrogens is 1. The maximum Gasteiger partial charge on any atom is 0.355 e. The molecular weight excluding hydrogens is 238 g/mol. The van der Waals surface area contributed by atoms with Crippen molar-refractivity contribution in [3.05, 3.63) is 11.1 Å². The molecule has 1 aromatic rings. The molecule has 5 nitrogen and oxygen atoms in total. The van der Waals surface area contributed by atoms with Crippen molar-refractivity contribution < 1.29 is 9.90 Å². The van der Waals surface area contributed by atoms with Gasteiger partial charge in [0.05, 0.1) is 0 Å². The second kappa shape index (κ2) is 4.27. The van der Waals surface area contributed by atoms with Crippen LogP contribution in [-0.2, 0) is 0 Å². The fourth-order valence-corrected chi connectivity index (χ4v) is 3.47. The molecule has 1 unspecified atom stereocenters. The van der Waals surface area contributed by atoms with Gasteiger partial charge in [-0.2, -0.15) is 0 Å². The van der Waals surface area contributed by atoms with Crippen molar-refractivity contribution in [2.24, 2.45) is 5.92 Å². The first-order chi connectivity index (χ1) is 8.22. The lowest BCUT2D eigenvalue weighted by atomic mass is 9.84. The summed E-state index contributed by atoms with van der Waals surface area (Å²) in [6.07, 6.45) is 2.49. The third-order valence-corrected chi connectivity index (χ3v) is 4.46. The fourth-order valence-electron chi connectivity index (χ4n) is 2.73. The number of aromatic carboxylic acids is 1. The van der Waals surface area contributed by atoms with E-state index in [1.165, 1.54) is 37.3 Å². The van der Waals surface area contributed by atoms with E-state index < -0.39 is 5.97 Å². The molecule has 0 aliphatic carbocycles. The Bertz CT molecular complexity index is 426. The van der Waals surface area contributed by atoms with Gasteiger partial charge in [0.25, 0.3) is 0 Å². The van der Waals surface area contributed by atoms with Crippen LogP contribution in [0.3, 0.4) is 0 Å². The molecule has 0 amide bonds. The van der Waals surface area contributed by atoms with E-state index in [2.05, 4.69) is 15.2 Å². The molecule has 3 aliphatic heterocycles. The van der Waals surface area contributed by atoms with E-state index in [1.807, 2.05) is 0 Å². The SMILES string of the molecule is O=C(O)c1csc(NC2CN3CCC2CC3)n1. The van der Waals surface area contributed by atoms with E-state index in [0.29, 0.717) is 6.04 Å². The number of hydrogen-bond donors (Lipinski definition) is 2. The van der Waals surface area contributed by atoms with E-state index in [1.54, 1.807) is 5.38 Å². The molecule has 3 aliphatic rings. The minimum Gasteiger partial charge on any atom is -0.476 e. The number of carboxylic acid groups (broad SMARTS) is 1. The van der Waals surface area contributed by atoms with Gasteiger partial charge in [-0.15, -0.1) is 11.3 Å². The largest absolute Gasteiger partial charge is 0.476 e. The molecule has 0 radical (unpaired) electrons. The summed E-state index contributed by atoms with van der Waals surface area (Å²) in [4.78, 5) is 17.3. The van der Waals surface area contributed by atoms with Crippen molar-refractivity contribution in [3.63, 3.8) is 0 Å². The van der Waals surface area contributed by atoms with Gasteiger partial charge in [-0.05, 0) is 31.8 Å². The Balaban J connectivity index is 1.68. The first-order valence-corrected chi connectivity index (χ1v) is 6.78. The molecule has 6 heteroatoms. The summed E-state index contributed by atoms with van der Waals surface area (Å²) in [5.41, 5.74) is 0.138. The Morgan fingerprint density at radius 1 is 1.53 bits per heavy atom. The average molecular weight is 253 g/mol. The molecule has 4 rings (SSSR count). The first kappa shape index (κ1) is 11.0. The second-order valence-electron chi connectivity index (χ2n) is 4.73. The van der Waals surface area contributed by atoms with Crippen LogP contribution in [0, 0.1) is 5.92 Å². The van der Waals surface area contributed by atoms with E-state index in [9.17, 15) is 4.79 Å². The Kier molecular flexibility index (Phi) is 2.76. The number of carbonyl (C=O) groups is 1. The maximum absolute atomic E-state index is 10.7. The molecular formula is C11H15N3O2S. The Hall–Kier alpha value is -1.14. The number of rotatable bonds is 3. The second-order valence-corrected chi connectivity index (χ2v) is 5.59. The van der Waals surface area contributed by atoms with Gasteiger partial charge in [-0.1, -0.05) is 0 Å². The number of fused-ring (bicyclic) bond motifs is 3. The lowest BCUT2D eigenvalue weighted by Gasteiger charge is -2.44. The topological polar surface area (TPSA) is 65.5 Å². The minimum atomic E-state index is -0.955. The predicted molar refractivity (Wildman–Crippen MR) is 65.6 cm³/mol. The van der Waals surface area contributed by atoms with Gasteiger partial charge in [0, 0.05) is 18.0 Å². The summed E-state index contributed by atoms with van der Waals surface area (Å²) >= 11 is 1.38. The van der Waals surface area contributed by atoms with Gasteiger partial charge in [0.15, 0.2) is 10.8 Å². The lowest BCUT2D eigenvalue weighted by molar-refractivity contribution is 0.0691. The van der Waals surface area contributed by atoms with Crippen LogP contribution in [-0.4, -0.2) is 46.6 Å². The molecule has 0 saturated carbocycles. The standard InChI is InChI=1S/C11H15N3O2S/c15-10(16)9-6-17-11(13-9)12-8-5-14-3-1-7(8)2-4-14/h6-8H,1-5H2,(H,12,13)(H,15,16). The van der Waals surface area contributed by atoms with Crippen molar-refractivity contribution in [2.75, 3.05) is 25.0 Å². The van der Waals surface area contributed by atoms with Crippen LogP contribution in [0.2, 0.25) is 0 Å². The zero-order valence-corrected chi connectivity index (χ0v) is 10.2. The van der Waals surface area contributed by atoms with Crippen molar-refractivity contribution >= 4 is 22.4 Å². The van der Waals surface area contributed by atoms with Gasteiger partial charge < -0.3 is 15.3 Å². The molecule has 1 aromatic heterocycles. The number of anilines is 1. The van der Waals surface area contributed by atoms with Crippen molar-refractivity contribution in [2.45, 2.75) is 18.9 Å². The van der Waals surface area contributed by atoms with Gasteiger partial charge >= 0.3 is 5.97 Å². The van der Waals surface area contributed by atoms with E-state index >= 15 is 0 Å². The maximum atomic E-state index is 10.7. The van der Waals surface area contributed by atoms with Crippen LogP contribution in [0.15, 0.2) is 5.38 Å². The van der Waals surface area contributed by atoms with Gasteiger partial charge in [-0.25, -0.2) is 9.78 Å². The normalized spacial score (nSPS) is 31.4. The van der Waals surface area contributed by atoms with Crippen LogP contribution < -0.4 is 5.32 Å². The summed E-state index contributed by atoms with van der Waals surface area (Å²) in [6.45, 7) is 3.48. The molecule has 2 bridgehead atoms. The van der Waals surface area contributed by atoms with Crippen LogP contribution in [0.1, 0.15) is 23.3 Å². The third-order valence-electron chi connectivity index (χ3n) is 3.69. The van der Waals surface area contributed by atoms with E-state index in [4.69, 9.17) is 5.11 Å². The Labute approximate surface area is 103 Å². The van der Waals surface area contributed by atoms with E-state index in [0.717, 1.165) is 17.6 Å². The summed E-state index contributed by atoms with van der Waals surface area (Å²) in [6, 6.07) is 0.435. The molecule has 0 spiro atoms. The molecule has 0 aromatic carbocycles. The summed E-state index contributed by atoms with van der Waals surface area (Å²) in [7, 11) is 0. The first-order valence-electron chi connectivity index (χ1n) is 5.90. The predicted octanol–water partition coefficient (Wildman–Crippen LogP) is 1.35. The monoisotopic (exact) mass is 253 g/mol. The zero-order valence-electron chi connectivity index (χ0n) is 9.43. The van der Waals surface area contributed by atoms with Crippen LogP contribution in [0.5, 0.6) is 0 Å². The van der Waals surface area contributed by atoms with Gasteiger partial charge in [0.1, 0.15) is 0 Å². The smallest absolute Gasteiger partial charge is 0.355 e. The van der Waals surface area contributed by atoms with Crippen molar-refractivity contribution in [1.82, 2.24) is 9.88 Å². The molecule has 17 heavy (non-hydrogen) atoms. The molecule has 4 heterocycles. The summed E-state index contributed by atoms with van der Waals surface area (Å²) in [5, 5.41) is 14.5. The number of piperidine rings is 3. The molecule has 92 valence electrons. The minimum absolute atomic E-state index is 0.138. The van der Waals surface area contributed by atoms with E-state index in [-0.39, 0.29) is 5.69 Å². The van der Waals surface area contributed by atoms with Crippen LogP contribution in [0.25, 0.3) is 0 Å². The number of carboxylic acids is 1. The van der Waals surface area contributed by atoms with Crippen LogP contribution >= 0.6 is 11.3 Å². The van der Waals surface area contributed by atoms with Gasteiger partial charge in [0.2, 0.25) is 0 Å². The van der Waals surface area contributed by atoms with Crippen molar-refractivity contribution in [3.8, 4) is 0 Å². The van der Waals surface area contributed by atoms with Gasteiger partial charge in [-0.3, -0.25) is 0 Å². The number of hydrogen-bond acceptors (Lipinski definition) is 5. The zero-order chi connectivity index (χ0) is 11.8. The molecule has 3 saturated heterocycles. The highest BCUT2D eigenvalue weighted by Gasteiger charge is 2.34. The fraction of sp³-hybridized carbons (Fsp3) is 0.636. The average Bonchev–Trinajstić information content (AvgIpc) is 2.79. The van der Waals surface area contributed by atoms with Crippen LogP contribution in [0.4, 0.5) is 5.13 Å². The molecule has 2 N–H and O–H groups in total. The third kappa shape index (κ3) is 2.14. The molecule has 3 fully saturated rings. The number of nitrogens with zero attached hydrogens (tertiary/aromatic N) is 2. The summed E-state index contributed by atoms with van der Waals surface area (Å²) in [5.74, 6) is -0.236. The lowest BCUT2D eigenvalue weighted by Crippen LogP contribution is -2.53. The summed E-state index contributed by atoms with van der Waals surface area (Å²) < 4.78 is 0. The Morgan fingerprint density at radius 3 is 2.82 bits per heavy atom. The highest BCUT2D eigenvalue weighted by molar-refractivity contribution is 7.13. The van der Waals surface area contributed by atoms with Crippen molar-refractivity contribution in [1.29, 1.82) is 0 Å². The Morgan fingerprint density at radius 2 is 2.29 bits per heavy atom. The quantitative estimate of drug-likeness (QED) is 0.851.